The van der Waals surface area contributed by atoms with E-state index in [1.54, 1.807) is 44.3 Å². The number of pyridine rings is 1. The highest BCUT2D eigenvalue weighted by molar-refractivity contribution is 7.90. The van der Waals surface area contributed by atoms with Gasteiger partial charge >= 0.3 is 0 Å². The SMILES string of the molecule is CC(C)c1ccccc1[C@@H]1CCCN1C1CC2(CCN(c3ccc(C(=O)NS(=O)(=O)c4cc5c(c([N+](=O)[O-])c4)N[C@@H]([C@H]4CC[C@](C)(O)CC4)CO5)c(Oc4cc5cc[nH]c5nc4OC[C@@H](C)O)c3)CC2)C1. The zero-order chi connectivity index (χ0) is 49.8. The van der Waals surface area contributed by atoms with E-state index >= 15 is 0 Å². The minimum absolute atomic E-state index is 0.0229. The molecule has 3 atom stereocenters. The van der Waals surface area contributed by atoms with Crippen LogP contribution in [0, 0.1) is 21.4 Å². The van der Waals surface area contributed by atoms with Gasteiger partial charge in [-0.2, -0.15) is 4.98 Å². The lowest BCUT2D eigenvalue weighted by molar-refractivity contribution is -0.384. The number of ether oxygens (including phenoxy) is 3. The number of carbonyl (C=O) groups excluding carboxylic acids is 1. The number of likely N-dealkylation sites (tertiary alicyclic amines) is 1. The first kappa shape index (κ1) is 48.7. The Balaban J connectivity index is 0.891. The standard InChI is InChI=1S/C53H65N7O10S/c1-32(2)39-8-5-6-9-40(39)43-10-7-21-59(43)37-28-53(29-37)18-22-58(23-19-53)36-11-12-41(45(25-36)70-47-24-35-15-20-54-49(35)56-51(47)69-30-33(3)61)50(62)57-71(66,67)38-26-44(60(64)65)48-46(27-38)68-31-42(55-48)34-13-16-52(4,63)17-14-34/h5-6,8-9,11-12,15,20,24-27,32-34,37,42-43,55,61,63H,7,10,13-14,16-19,21-23,28-31H2,1-4H3,(H,54,56)(H,57,62)/t33-,34-,42-,43+,52-/m1/s1. The summed E-state index contributed by atoms with van der Waals surface area (Å²) < 4.78 is 48.8. The molecule has 378 valence electrons. The van der Waals surface area contributed by atoms with Crippen molar-refractivity contribution in [2.24, 2.45) is 11.3 Å². The van der Waals surface area contributed by atoms with Crippen molar-refractivity contribution in [2.75, 3.05) is 43.1 Å². The van der Waals surface area contributed by atoms with E-state index < -0.39 is 43.1 Å². The number of nitrogens with one attached hydrogen (secondary N) is 3. The summed E-state index contributed by atoms with van der Waals surface area (Å²) >= 11 is 0. The van der Waals surface area contributed by atoms with Gasteiger partial charge in [0.25, 0.3) is 27.5 Å². The first-order valence-electron chi connectivity index (χ1n) is 25.2. The molecule has 0 radical (unpaired) electrons. The van der Waals surface area contributed by atoms with Gasteiger partial charge in [0, 0.05) is 60.6 Å². The van der Waals surface area contributed by atoms with E-state index in [1.807, 2.05) is 0 Å². The summed E-state index contributed by atoms with van der Waals surface area (Å²) in [6, 6.07) is 20.3. The minimum Gasteiger partial charge on any atom is -0.489 e. The van der Waals surface area contributed by atoms with Crippen LogP contribution in [0.5, 0.6) is 23.1 Å². The van der Waals surface area contributed by atoms with Gasteiger partial charge in [0.2, 0.25) is 0 Å². The second-order valence-corrected chi connectivity index (χ2v) is 23.0. The first-order valence-corrected chi connectivity index (χ1v) is 26.6. The van der Waals surface area contributed by atoms with Gasteiger partial charge in [-0.05, 0) is 137 Å². The Morgan fingerprint density at radius 3 is 2.49 bits per heavy atom. The zero-order valence-corrected chi connectivity index (χ0v) is 41.7. The maximum absolute atomic E-state index is 14.3. The van der Waals surface area contributed by atoms with Gasteiger partial charge in [-0.25, -0.2) is 13.1 Å². The Hall–Kier alpha value is -5.95. The smallest absolute Gasteiger partial charge is 0.297 e. The number of anilines is 2. The summed E-state index contributed by atoms with van der Waals surface area (Å²) in [6.07, 6.45) is 10.2. The number of H-pyrrole nitrogens is 1. The number of nitrogens with zero attached hydrogens (tertiary/aromatic N) is 4. The fourth-order valence-corrected chi connectivity index (χ4v) is 12.8. The highest BCUT2D eigenvalue weighted by Crippen LogP contribution is 2.54. The van der Waals surface area contributed by atoms with E-state index in [0.29, 0.717) is 54.7 Å². The molecule has 71 heavy (non-hydrogen) atoms. The van der Waals surface area contributed by atoms with Crippen molar-refractivity contribution in [1.29, 1.82) is 0 Å². The van der Waals surface area contributed by atoms with E-state index in [2.05, 4.69) is 67.9 Å². The fraction of sp³-hybridized carbons (Fsp3) is 0.509. The minimum atomic E-state index is -4.74. The molecular formula is C53H65N7O10S. The van der Waals surface area contributed by atoms with E-state index in [4.69, 9.17) is 14.2 Å². The molecule has 1 amide bonds. The number of nitro benzene ring substituents is 1. The van der Waals surface area contributed by atoms with E-state index in [9.17, 15) is 33.5 Å². The molecule has 2 saturated heterocycles. The summed E-state index contributed by atoms with van der Waals surface area (Å²) in [5.74, 6) is -0.290. The summed E-state index contributed by atoms with van der Waals surface area (Å²) in [6.45, 7) is 10.7. The maximum atomic E-state index is 14.3. The van der Waals surface area contributed by atoms with Crippen molar-refractivity contribution in [3.63, 3.8) is 0 Å². The molecule has 3 aliphatic heterocycles. The van der Waals surface area contributed by atoms with Gasteiger partial charge in [0.1, 0.15) is 24.6 Å². The summed E-state index contributed by atoms with van der Waals surface area (Å²) in [7, 11) is -4.74. The van der Waals surface area contributed by atoms with Crippen LogP contribution in [-0.2, 0) is 10.0 Å². The van der Waals surface area contributed by atoms with Crippen LogP contribution < -0.4 is 29.1 Å². The Morgan fingerprint density at radius 1 is 1.00 bits per heavy atom. The Morgan fingerprint density at radius 2 is 1.76 bits per heavy atom. The summed E-state index contributed by atoms with van der Waals surface area (Å²) in [4.78, 5) is 38.3. The van der Waals surface area contributed by atoms with Crippen LogP contribution in [0.2, 0.25) is 0 Å². The monoisotopic (exact) mass is 991 g/mol. The highest BCUT2D eigenvalue weighted by Gasteiger charge is 2.50. The van der Waals surface area contributed by atoms with Crippen LogP contribution in [0.3, 0.4) is 0 Å². The fourth-order valence-electron chi connectivity index (χ4n) is 11.8. The van der Waals surface area contributed by atoms with Crippen molar-refractivity contribution >= 4 is 44.0 Å². The van der Waals surface area contributed by atoms with Crippen LogP contribution >= 0.6 is 0 Å². The van der Waals surface area contributed by atoms with Crippen molar-refractivity contribution in [1.82, 2.24) is 19.6 Å². The lowest BCUT2D eigenvalue weighted by Gasteiger charge is -2.56. The second kappa shape index (κ2) is 19.2. The van der Waals surface area contributed by atoms with E-state index in [-0.39, 0.29) is 65.0 Å². The molecule has 3 aromatic carbocycles. The normalized spacial score (nSPS) is 23.9. The Kier molecular flexibility index (Phi) is 13.2. The average Bonchev–Trinajstić information content (AvgIpc) is 4.02. The number of aromatic amines is 1. The number of carbonyl (C=O) groups is 1. The van der Waals surface area contributed by atoms with Crippen LogP contribution in [0.1, 0.15) is 125 Å². The molecule has 0 unspecified atom stereocenters. The number of aromatic nitrogens is 2. The molecule has 4 fully saturated rings. The molecule has 5 aliphatic rings. The van der Waals surface area contributed by atoms with Crippen molar-refractivity contribution in [2.45, 2.75) is 133 Å². The van der Waals surface area contributed by atoms with Crippen molar-refractivity contribution in [3.05, 3.63) is 99.7 Å². The molecule has 18 heteroatoms. The Labute approximate surface area is 414 Å². The second-order valence-electron chi connectivity index (χ2n) is 21.3. The number of rotatable bonds is 14. The number of aliphatic hydroxyl groups is 2. The van der Waals surface area contributed by atoms with Gasteiger partial charge in [0.05, 0.1) is 33.1 Å². The molecule has 10 rings (SSSR count). The molecule has 17 nitrogen and oxygen atoms in total. The first-order chi connectivity index (χ1) is 33.9. The number of sulfonamides is 1. The maximum Gasteiger partial charge on any atom is 0.297 e. The number of fused-ring (bicyclic) bond motifs is 2. The third-order valence-corrected chi connectivity index (χ3v) is 17.1. The quantitative estimate of drug-likeness (QED) is 0.0518. The lowest BCUT2D eigenvalue weighted by atomic mass is 9.59. The van der Waals surface area contributed by atoms with Gasteiger partial charge in [-0.15, -0.1) is 0 Å². The zero-order valence-electron chi connectivity index (χ0n) is 40.9. The van der Waals surface area contributed by atoms with Gasteiger partial charge in [-0.3, -0.25) is 19.8 Å². The van der Waals surface area contributed by atoms with E-state index in [1.165, 1.54) is 36.1 Å². The van der Waals surface area contributed by atoms with E-state index in [0.717, 1.165) is 57.1 Å². The van der Waals surface area contributed by atoms with Gasteiger partial charge < -0.3 is 39.6 Å². The van der Waals surface area contributed by atoms with Crippen molar-refractivity contribution in [3.8, 4) is 23.1 Å². The Bertz CT molecular complexity index is 2910. The molecule has 2 saturated carbocycles. The van der Waals surface area contributed by atoms with Crippen LogP contribution in [0.4, 0.5) is 17.1 Å². The molecular weight excluding hydrogens is 927 g/mol. The molecule has 2 aliphatic carbocycles. The molecule has 5 aromatic rings. The predicted octanol–water partition coefficient (Wildman–Crippen LogP) is 8.97. The lowest BCUT2D eigenvalue weighted by Crippen LogP contribution is -2.54. The number of aliphatic hydroxyl groups excluding tert-OH is 1. The van der Waals surface area contributed by atoms with Gasteiger partial charge in [0.15, 0.2) is 17.2 Å². The molecule has 5 N–H and O–H groups in total. The number of piperidine rings is 1. The average molecular weight is 992 g/mol. The topological polar surface area (TPSA) is 222 Å². The number of amides is 1. The number of nitro groups is 1. The largest absolute Gasteiger partial charge is 0.489 e. The summed E-state index contributed by atoms with van der Waals surface area (Å²) in [5.41, 5.74) is 3.12. The molecule has 0 bridgehead atoms. The van der Waals surface area contributed by atoms with Crippen molar-refractivity contribution < 1.29 is 42.6 Å². The van der Waals surface area contributed by atoms with Crippen LogP contribution in [0.15, 0.2) is 77.8 Å². The molecule has 1 spiro atoms. The number of hydrogen-bond donors (Lipinski definition) is 5. The van der Waals surface area contributed by atoms with Crippen LogP contribution in [0.25, 0.3) is 11.0 Å². The van der Waals surface area contributed by atoms with Gasteiger partial charge in [-0.1, -0.05) is 38.1 Å². The molecule has 5 heterocycles. The van der Waals surface area contributed by atoms with Crippen LogP contribution in [-0.4, -0.2) is 101 Å². The third kappa shape index (κ3) is 10.00. The number of hydrogen-bond acceptors (Lipinski definition) is 14. The predicted molar refractivity (Wildman–Crippen MR) is 269 cm³/mol. The highest BCUT2D eigenvalue weighted by atomic mass is 32.2. The molecule has 2 aromatic heterocycles. The summed E-state index contributed by atoms with van der Waals surface area (Å²) in [5, 5.41) is 37.0. The third-order valence-electron chi connectivity index (χ3n) is 15.8. The number of benzene rings is 3.